The van der Waals surface area contributed by atoms with E-state index in [4.69, 9.17) is 9.15 Å². The number of nitrogens with zero attached hydrogens (tertiary/aromatic N) is 1. The number of methoxy groups -OCH3 is 1. The summed E-state index contributed by atoms with van der Waals surface area (Å²) >= 11 is 3.36. The van der Waals surface area contributed by atoms with Crippen LogP contribution < -0.4 is 10.1 Å². The number of aromatic hydroxyl groups is 1. The number of halogens is 1. The summed E-state index contributed by atoms with van der Waals surface area (Å²) < 4.78 is 11.5. The third kappa shape index (κ3) is 3.94. The van der Waals surface area contributed by atoms with E-state index in [0.717, 1.165) is 31.0 Å². The van der Waals surface area contributed by atoms with Gasteiger partial charge in [-0.25, -0.2) is 0 Å². The summed E-state index contributed by atoms with van der Waals surface area (Å²) in [5.41, 5.74) is 1.05. The topological polar surface area (TPSA) is 57.9 Å². The van der Waals surface area contributed by atoms with Crippen LogP contribution in [0.4, 0.5) is 0 Å². The SMILES string of the molecule is COc1cc(CNCC(c2ccco2)N2CCCC2)cc(Br)c1O. The molecule has 0 spiro atoms. The largest absolute Gasteiger partial charge is 0.503 e. The molecule has 0 bridgehead atoms. The van der Waals surface area contributed by atoms with Crippen molar-refractivity contribution in [3.63, 3.8) is 0 Å². The van der Waals surface area contributed by atoms with Crippen molar-refractivity contribution >= 4 is 15.9 Å². The second-order valence-electron chi connectivity index (χ2n) is 6.03. The van der Waals surface area contributed by atoms with Crippen LogP contribution in [0.5, 0.6) is 11.5 Å². The van der Waals surface area contributed by atoms with E-state index < -0.39 is 0 Å². The lowest BCUT2D eigenvalue weighted by Crippen LogP contribution is -2.33. The van der Waals surface area contributed by atoms with Crippen molar-refractivity contribution in [1.29, 1.82) is 0 Å². The van der Waals surface area contributed by atoms with Gasteiger partial charge in [0.05, 0.1) is 23.9 Å². The molecule has 2 aromatic rings. The Labute approximate surface area is 150 Å². The lowest BCUT2D eigenvalue weighted by molar-refractivity contribution is 0.209. The number of hydrogen-bond donors (Lipinski definition) is 2. The molecule has 1 aliphatic rings. The minimum Gasteiger partial charge on any atom is -0.503 e. The fraction of sp³-hybridized carbons (Fsp3) is 0.444. The molecule has 3 rings (SSSR count). The Morgan fingerprint density at radius 3 is 2.83 bits per heavy atom. The second-order valence-corrected chi connectivity index (χ2v) is 6.89. The Balaban J connectivity index is 1.64. The van der Waals surface area contributed by atoms with Crippen LogP contribution in [0.2, 0.25) is 0 Å². The minimum absolute atomic E-state index is 0.131. The van der Waals surface area contributed by atoms with Gasteiger partial charge in [0.15, 0.2) is 11.5 Å². The average molecular weight is 395 g/mol. The highest BCUT2D eigenvalue weighted by atomic mass is 79.9. The third-order valence-electron chi connectivity index (χ3n) is 4.43. The molecule has 1 fully saturated rings. The van der Waals surface area contributed by atoms with E-state index in [0.29, 0.717) is 16.8 Å². The number of furan rings is 1. The van der Waals surface area contributed by atoms with Crippen LogP contribution in [-0.2, 0) is 6.54 Å². The highest BCUT2D eigenvalue weighted by molar-refractivity contribution is 9.10. The fourth-order valence-corrected chi connectivity index (χ4v) is 3.67. The van der Waals surface area contributed by atoms with Gasteiger partial charge >= 0.3 is 0 Å². The first-order valence-corrected chi connectivity index (χ1v) is 9.02. The normalized spacial score (nSPS) is 16.4. The number of phenols is 1. The van der Waals surface area contributed by atoms with Crippen molar-refractivity contribution in [2.75, 3.05) is 26.7 Å². The molecule has 0 aliphatic carbocycles. The zero-order chi connectivity index (χ0) is 16.9. The van der Waals surface area contributed by atoms with Gasteiger partial charge in [-0.2, -0.15) is 0 Å². The predicted molar refractivity (Wildman–Crippen MR) is 96.3 cm³/mol. The molecule has 0 radical (unpaired) electrons. The van der Waals surface area contributed by atoms with Gasteiger partial charge in [0.1, 0.15) is 5.76 Å². The number of benzene rings is 1. The summed E-state index contributed by atoms with van der Waals surface area (Å²) in [6.45, 7) is 3.74. The van der Waals surface area contributed by atoms with Gasteiger partial charge in [-0.15, -0.1) is 0 Å². The molecule has 2 heterocycles. The van der Waals surface area contributed by atoms with Crippen molar-refractivity contribution in [3.8, 4) is 11.5 Å². The monoisotopic (exact) mass is 394 g/mol. The summed E-state index contributed by atoms with van der Waals surface area (Å²) in [5.74, 6) is 1.61. The first kappa shape index (κ1) is 17.3. The summed E-state index contributed by atoms with van der Waals surface area (Å²) in [5, 5.41) is 13.4. The van der Waals surface area contributed by atoms with E-state index in [-0.39, 0.29) is 11.8 Å². The van der Waals surface area contributed by atoms with E-state index in [1.165, 1.54) is 12.8 Å². The second kappa shape index (κ2) is 8.05. The first-order valence-electron chi connectivity index (χ1n) is 8.22. The molecule has 6 heteroatoms. The van der Waals surface area contributed by atoms with Crippen molar-refractivity contribution in [1.82, 2.24) is 10.2 Å². The Kier molecular flexibility index (Phi) is 5.81. The number of likely N-dealkylation sites (tertiary alicyclic amines) is 1. The Hall–Kier alpha value is -1.50. The zero-order valence-corrected chi connectivity index (χ0v) is 15.4. The number of hydrogen-bond acceptors (Lipinski definition) is 5. The standard InChI is InChI=1S/C18H23BrN2O3/c1-23-17-10-13(9-14(19)18(17)22)11-20-12-15(16-5-4-8-24-16)21-6-2-3-7-21/h4-5,8-10,15,20,22H,2-3,6-7,11-12H2,1H3. The van der Waals surface area contributed by atoms with Gasteiger partial charge in [0.25, 0.3) is 0 Å². The summed E-state index contributed by atoms with van der Waals surface area (Å²) in [6, 6.07) is 8.00. The van der Waals surface area contributed by atoms with Crippen molar-refractivity contribution in [2.45, 2.75) is 25.4 Å². The molecule has 1 aromatic heterocycles. The van der Waals surface area contributed by atoms with Crippen LogP contribution >= 0.6 is 15.9 Å². The average Bonchev–Trinajstić information content (AvgIpc) is 3.28. The molecule has 2 N–H and O–H groups in total. The molecule has 1 aliphatic heterocycles. The molecular weight excluding hydrogens is 372 g/mol. The molecule has 0 saturated carbocycles. The predicted octanol–water partition coefficient (Wildman–Crippen LogP) is 3.68. The highest BCUT2D eigenvalue weighted by Gasteiger charge is 2.25. The van der Waals surface area contributed by atoms with Gasteiger partial charge in [-0.1, -0.05) is 0 Å². The van der Waals surface area contributed by atoms with Gasteiger partial charge in [-0.3, -0.25) is 4.90 Å². The molecule has 1 saturated heterocycles. The summed E-state index contributed by atoms with van der Waals surface area (Å²) in [7, 11) is 1.55. The van der Waals surface area contributed by atoms with Crippen LogP contribution in [0.3, 0.4) is 0 Å². The van der Waals surface area contributed by atoms with Crippen molar-refractivity contribution < 1.29 is 14.3 Å². The van der Waals surface area contributed by atoms with E-state index in [1.807, 2.05) is 24.3 Å². The van der Waals surface area contributed by atoms with Crippen LogP contribution in [0.15, 0.2) is 39.4 Å². The van der Waals surface area contributed by atoms with E-state index in [1.54, 1.807) is 13.4 Å². The van der Waals surface area contributed by atoms with Crippen molar-refractivity contribution in [3.05, 3.63) is 46.3 Å². The third-order valence-corrected chi connectivity index (χ3v) is 5.03. The maximum absolute atomic E-state index is 9.89. The van der Waals surface area contributed by atoms with Crippen LogP contribution in [0, 0.1) is 0 Å². The van der Waals surface area contributed by atoms with Gasteiger partial charge < -0.3 is 19.6 Å². The molecule has 1 atom stereocenters. The Bertz CT molecular complexity index is 655. The number of phenolic OH excluding ortho intramolecular Hbond substituents is 1. The van der Waals surface area contributed by atoms with E-state index in [9.17, 15) is 5.11 Å². The molecule has 1 unspecified atom stereocenters. The lowest BCUT2D eigenvalue weighted by atomic mass is 10.1. The molecule has 5 nitrogen and oxygen atoms in total. The Morgan fingerprint density at radius 1 is 1.38 bits per heavy atom. The fourth-order valence-electron chi connectivity index (χ4n) is 3.18. The summed E-state index contributed by atoms with van der Waals surface area (Å²) in [4.78, 5) is 2.47. The highest BCUT2D eigenvalue weighted by Crippen LogP contribution is 2.35. The summed E-state index contributed by atoms with van der Waals surface area (Å²) in [6.07, 6.45) is 4.24. The molecule has 0 amide bonds. The van der Waals surface area contributed by atoms with Gasteiger partial charge in [0.2, 0.25) is 0 Å². The van der Waals surface area contributed by atoms with Crippen LogP contribution in [-0.4, -0.2) is 36.8 Å². The Morgan fingerprint density at radius 2 is 2.17 bits per heavy atom. The van der Waals surface area contributed by atoms with Crippen molar-refractivity contribution in [2.24, 2.45) is 0 Å². The molecule has 130 valence electrons. The van der Waals surface area contributed by atoms with E-state index in [2.05, 4.69) is 26.1 Å². The number of nitrogens with one attached hydrogen (secondary N) is 1. The smallest absolute Gasteiger partial charge is 0.172 e. The molecular formula is C18H23BrN2O3. The maximum atomic E-state index is 9.89. The van der Waals surface area contributed by atoms with E-state index >= 15 is 0 Å². The van der Waals surface area contributed by atoms with Gasteiger partial charge in [-0.05, 0) is 71.7 Å². The number of rotatable bonds is 7. The molecule has 1 aromatic carbocycles. The first-order chi connectivity index (χ1) is 11.7. The van der Waals surface area contributed by atoms with Crippen LogP contribution in [0.25, 0.3) is 0 Å². The molecule has 24 heavy (non-hydrogen) atoms. The van der Waals surface area contributed by atoms with Crippen LogP contribution in [0.1, 0.15) is 30.2 Å². The lowest BCUT2D eigenvalue weighted by Gasteiger charge is -2.26. The minimum atomic E-state index is 0.131. The number of ether oxygens (including phenoxy) is 1. The quantitative estimate of drug-likeness (QED) is 0.749. The zero-order valence-electron chi connectivity index (χ0n) is 13.8. The maximum Gasteiger partial charge on any atom is 0.172 e. The van der Waals surface area contributed by atoms with Gasteiger partial charge in [0, 0.05) is 13.1 Å².